The van der Waals surface area contributed by atoms with E-state index in [-0.39, 0.29) is 5.91 Å². The minimum absolute atomic E-state index is 0.0106. The van der Waals surface area contributed by atoms with Crippen LogP contribution in [0.4, 0.5) is 5.69 Å². The molecule has 0 saturated heterocycles. The molecule has 1 rings (SSSR count). The first kappa shape index (κ1) is 14.9. The van der Waals surface area contributed by atoms with Gasteiger partial charge in [-0.15, -0.1) is 0 Å². The summed E-state index contributed by atoms with van der Waals surface area (Å²) in [5.41, 5.74) is 1.73. The molecule has 0 radical (unpaired) electrons. The van der Waals surface area contributed by atoms with Gasteiger partial charge in [0.25, 0.3) is 5.91 Å². The van der Waals surface area contributed by atoms with E-state index in [9.17, 15) is 4.79 Å². The highest BCUT2D eigenvalue weighted by atomic mass is 32.2. The van der Waals surface area contributed by atoms with Crippen molar-refractivity contribution in [1.82, 2.24) is 5.32 Å². The normalized spacial score (nSPS) is 10.1. The molecule has 0 aromatic heterocycles. The third kappa shape index (κ3) is 5.45. The number of benzene rings is 1. The molecule has 0 aliphatic carbocycles. The van der Waals surface area contributed by atoms with Gasteiger partial charge in [-0.2, -0.15) is 11.8 Å². The summed E-state index contributed by atoms with van der Waals surface area (Å²) in [7, 11) is 0. The fourth-order valence-corrected chi connectivity index (χ4v) is 2.13. The van der Waals surface area contributed by atoms with Crippen LogP contribution in [0.1, 0.15) is 30.1 Å². The highest BCUT2D eigenvalue weighted by Gasteiger charge is 2.03. The molecule has 4 heteroatoms. The summed E-state index contributed by atoms with van der Waals surface area (Å²) in [6.07, 6.45) is 4.51. The summed E-state index contributed by atoms with van der Waals surface area (Å²) in [5.74, 6) is 1.20. The van der Waals surface area contributed by atoms with Gasteiger partial charge in [-0.05, 0) is 50.0 Å². The second kappa shape index (κ2) is 8.86. The molecule has 18 heavy (non-hydrogen) atoms. The molecular weight excluding hydrogens is 244 g/mol. The number of hydrogen-bond acceptors (Lipinski definition) is 3. The number of anilines is 1. The third-order valence-electron chi connectivity index (χ3n) is 2.57. The lowest BCUT2D eigenvalue weighted by molar-refractivity contribution is 0.0956. The predicted octanol–water partition coefficient (Wildman–Crippen LogP) is 2.99. The number of amides is 1. The van der Waals surface area contributed by atoms with E-state index < -0.39 is 0 Å². The maximum absolute atomic E-state index is 11.7. The number of carbonyl (C=O) groups is 1. The summed E-state index contributed by atoms with van der Waals surface area (Å²) in [6.45, 7) is 3.54. The lowest BCUT2D eigenvalue weighted by atomic mass is 10.2. The van der Waals surface area contributed by atoms with Gasteiger partial charge in [0.1, 0.15) is 0 Å². The monoisotopic (exact) mass is 266 g/mol. The van der Waals surface area contributed by atoms with Crippen LogP contribution in [0, 0.1) is 0 Å². The number of carbonyl (C=O) groups excluding carboxylic acids is 1. The van der Waals surface area contributed by atoms with Gasteiger partial charge in [-0.3, -0.25) is 4.79 Å². The van der Waals surface area contributed by atoms with Gasteiger partial charge in [0.2, 0.25) is 0 Å². The van der Waals surface area contributed by atoms with E-state index in [0.29, 0.717) is 12.1 Å². The number of thioether (sulfide) groups is 1. The molecule has 0 aliphatic heterocycles. The predicted molar refractivity (Wildman–Crippen MR) is 80.6 cm³/mol. The third-order valence-corrected chi connectivity index (χ3v) is 3.26. The molecule has 1 amide bonds. The molecular formula is C14H22N2OS. The van der Waals surface area contributed by atoms with Crippen LogP contribution in [-0.4, -0.2) is 31.0 Å². The van der Waals surface area contributed by atoms with Crippen molar-refractivity contribution in [3.05, 3.63) is 29.8 Å². The van der Waals surface area contributed by atoms with Gasteiger partial charge >= 0.3 is 0 Å². The van der Waals surface area contributed by atoms with E-state index in [4.69, 9.17) is 0 Å². The Morgan fingerprint density at radius 2 is 2.17 bits per heavy atom. The Morgan fingerprint density at radius 3 is 2.89 bits per heavy atom. The van der Waals surface area contributed by atoms with Crippen molar-refractivity contribution in [2.45, 2.75) is 19.8 Å². The molecule has 2 N–H and O–H groups in total. The zero-order chi connectivity index (χ0) is 13.2. The standard InChI is InChI=1S/C14H22N2OS/c1-3-15-14(17)12-7-6-8-13(11-12)16-9-4-5-10-18-2/h6-8,11,16H,3-5,9-10H2,1-2H3,(H,15,17). The Labute approximate surface area is 114 Å². The van der Waals surface area contributed by atoms with Crippen LogP contribution in [-0.2, 0) is 0 Å². The van der Waals surface area contributed by atoms with Crippen LogP contribution in [0.2, 0.25) is 0 Å². The quantitative estimate of drug-likeness (QED) is 0.711. The molecule has 0 aliphatic rings. The van der Waals surface area contributed by atoms with Crippen LogP contribution in [0.5, 0.6) is 0 Å². The van der Waals surface area contributed by atoms with E-state index in [2.05, 4.69) is 16.9 Å². The highest BCUT2D eigenvalue weighted by molar-refractivity contribution is 7.98. The average Bonchev–Trinajstić information content (AvgIpc) is 2.39. The van der Waals surface area contributed by atoms with Crippen molar-refractivity contribution < 1.29 is 4.79 Å². The molecule has 0 bridgehead atoms. The Kier molecular flexibility index (Phi) is 7.34. The second-order valence-corrected chi connectivity index (χ2v) is 5.05. The highest BCUT2D eigenvalue weighted by Crippen LogP contribution is 2.11. The van der Waals surface area contributed by atoms with Gasteiger partial charge < -0.3 is 10.6 Å². The van der Waals surface area contributed by atoms with Crippen LogP contribution < -0.4 is 10.6 Å². The molecule has 1 aromatic carbocycles. The molecule has 0 unspecified atom stereocenters. The van der Waals surface area contributed by atoms with Gasteiger partial charge in [0, 0.05) is 24.3 Å². The van der Waals surface area contributed by atoms with Crippen molar-refractivity contribution in [3.63, 3.8) is 0 Å². The van der Waals surface area contributed by atoms with Crippen molar-refractivity contribution in [1.29, 1.82) is 0 Å². The smallest absolute Gasteiger partial charge is 0.251 e. The van der Waals surface area contributed by atoms with E-state index in [1.54, 1.807) is 0 Å². The summed E-state index contributed by atoms with van der Waals surface area (Å²) in [5, 5.41) is 6.16. The minimum atomic E-state index is -0.0106. The zero-order valence-corrected chi connectivity index (χ0v) is 12.0. The van der Waals surface area contributed by atoms with E-state index in [1.807, 2.05) is 43.0 Å². The fourth-order valence-electron chi connectivity index (χ4n) is 1.64. The number of rotatable bonds is 8. The van der Waals surface area contributed by atoms with Gasteiger partial charge in [-0.25, -0.2) is 0 Å². The molecule has 0 heterocycles. The Balaban J connectivity index is 2.42. The fraction of sp³-hybridized carbons (Fsp3) is 0.500. The average molecular weight is 266 g/mol. The molecule has 0 atom stereocenters. The van der Waals surface area contributed by atoms with Crippen LogP contribution in [0.3, 0.4) is 0 Å². The van der Waals surface area contributed by atoms with Crippen molar-refractivity contribution in [2.24, 2.45) is 0 Å². The summed E-state index contributed by atoms with van der Waals surface area (Å²) >= 11 is 1.88. The topological polar surface area (TPSA) is 41.1 Å². The largest absolute Gasteiger partial charge is 0.385 e. The maximum atomic E-state index is 11.7. The van der Waals surface area contributed by atoms with Crippen LogP contribution in [0.15, 0.2) is 24.3 Å². The molecule has 1 aromatic rings. The van der Waals surface area contributed by atoms with Crippen molar-refractivity contribution >= 4 is 23.4 Å². The van der Waals surface area contributed by atoms with Gasteiger partial charge in [0.15, 0.2) is 0 Å². The molecule has 0 spiro atoms. The first-order chi connectivity index (χ1) is 8.77. The molecule has 0 fully saturated rings. The zero-order valence-electron chi connectivity index (χ0n) is 11.2. The lowest BCUT2D eigenvalue weighted by Gasteiger charge is -2.08. The van der Waals surface area contributed by atoms with E-state index in [1.165, 1.54) is 12.2 Å². The van der Waals surface area contributed by atoms with Crippen molar-refractivity contribution in [3.8, 4) is 0 Å². The Hall–Kier alpha value is -1.16. The van der Waals surface area contributed by atoms with Gasteiger partial charge in [-0.1, -0.05) is 6.07 Å². The molecule has 100 valence electrons. The van der Waals surface area contributed by atoms with Crippen LogP contribution >= 0.6 is 11.8 Å². The maximum Gasteiger partial charge on any atom is 0.251 e. The number of unbranched alkanes of at least 4 members (excludes halogenated alkanes) is 1. The molecule has 3 nitrogen and oxygen atoms in total. The Bertz CT molecular complexity index is 369. The SMILES string of the molecule is CCNC(=O)c1cccc(NCCCCSC)c1. The van der Waals surface area contributed by atoms with E-state index >= 15 is 0 Å². The number of hydrogen-bond donors (Lipinski definition) is 2. The lowest BCUT2D eigenvalue weighted by Crippen LogP contribution is -2.22. The molecule has 0 saturated carbocycles. The minimum Gasteiger partial charge on any atom is -0.385 e. The summed E-state index contributed by atoms with van der Waals surface area (Å²) in [4.78, 5) is 11.7. The summed E-state index contributed by atoms with van der Waals surface area (Å²) < 4.78 is 0. The van der Waals surface area contributed by atoms with E-state index in [0.717, 1.165) is 18.7 Å². The van der Waals surface area contributed by atoms with Crippen molar-refractivity contribution in [2.75, 3.05) is 30.4 Å². The summed E-state index contributed by atoms with van der Waals surface area (Å²) in [6, 6.07) is 7.65. The number of nitrogens with one attached hydrogen (secondary N) is 2. The first-order valence-corrected chi connectivity index (χ1v) is 7.78. The Morgan fingerprint density at radius 1 is 1.33 bits per heavy atom. The van der Waals surface area contributed by atoms with Gasteiger partial charge in [0.05, 0.1) is 0 Å². The second-order valence-electron chi connectivity index (χ2n) is 4.07. The van der Waals surface area contributed by atoms with Crippen LogP contribution in [0.25, 0.3) is 0 Å². The first-order valence-electron chi connectivity index (χ1n) is 6.39.